The highest BCUT2D eigenvalue weighted by atomic mass is 35.5. The van der Waals surface area contributed by atoms with Gasteiger partial charge < -0.3 is 10.1 Å². The van der Waals surface area contributed by atoms with E-state index in [-0.39, 0.29) is 28.1 Å². The number of benzene rings is 2. The number of nitrogens with zero attached hydrogens (tertiary/aromatic N) is 1. The van der Waals surface area contributed by atoms with Gasteiger partial charge in [-0.05, 0) is 61.4 Å². The van der Waals surface area contributed by atoms with Crippen LogP contribution in [0.2, 0.25) is 0 Å². The summed E-state index contributed by atoms with van der Waals surface area (Å²) in [6.45, 7) is 0. The monoisotopic (exact) mass is 442 g/mol. The molecule has 0 saturated heterocycles. The molecule has 8 heteroatoms. The number of anilines is 1. The highest BCUT2D eigenvalue weighted by molar-refractivity contribution is 6.48. The Morgan fingerprint density at radius 2 is 1.61 bits per heavy atom. The van der Waals surface area contributed by atoms with Crippen LogP contribution < -0.4 is 10.1 Å². The topological polar surface area (TPSA) is 75.7 Å². The van der Waals surface area contributed by atoms with E-state index in [4.69, 9.17) is 16.3 Å². The summed E-state index contributed by atoms with van der Waals surface area (Å²) in [5.41, 5.74) is 0.810. The molecule has 0 aromatic heterocycles. The van der Waals surface area contributed by atoms with Crippen molar-refractivity contribution in [2.24, 2.45) is 0 Å². The van der Waals surface area contributed by atoms with Crippen LogP contribution in [-0.2, 0) is 9.59 Å². The van der Waals surface area contributed by atoms with E-state index in [0.717, 1.165) is 32.1 Å². The van der Waals surface area contributed by atoms with E-state index in [0.29, 0.717) is 5.69 Å². The van der Waals surface area contributed by atoms with Crippen molar-refractivity contribution < 1.29 is 23.5 Å². The third-order valence-corrected chi connectivity index (χ3v) is 5.76. The van der Waals surface area contributed by atoms with Crippen molar-refractivity contribution in [1.82, 2.24) is 4.90 Å². The second-order valence-electron chi connectivity index (χ2n) is 7.51. The molecule has 2 aromatic carbocycles. The first-order chi connectivity index (χ1) is 14.9. The molecule has 1 N–H and O–H groups in total. The van der Waals surface area contributed by atoms with Crippen molar-refractivity contribution in [3.05, 3.63) is 70.6 Å². The Balaban J connectivity index is 1.43. The number of nitrogens with one attached hydrogen (secondary N) is 1. The molecule has 0 bridgehead atoms. The predicted molar refractivity (Wildman–Crippen MR) is 113 cm³/mol. The van der Waals surface area contributed by atoms with E-state index in [1.165, 1.54) is 41.3 Å². The molecule has 6 nitrogen and oxygen atoms in total. The third kappa shape index (κ3) is 4.46. The Hall–Kier alpha value is -3.19. The number of hydrogen-bond donors (Lipinski definition) is 1. The molecule has 0 atom stereocenters. The van der Waals surface area contributed by atoms with Gasteiger partial charge in [-0.25, -0.2) is 9.18 Å². The number of carbonyl (C=O) groups is 3. The molecular weight excluding hydrogens is 423 g/mol. The molecule has 1 heterocycles. The fourth-order valence-electron chi connectivity index (χ4n) is 3.80. The Morgan fingerprint density at radius 3 is 2.26 bits per heavy atom. The van der Waals surface area contributed by atoms with Gasteiger partial charge in [-0.1, -0.05) is 30.9 Å². The molecule has 0 spiro atoms. The number of halogens is 2. The van der Waals surface area contributed by atoms with Crippen molar-refractivity contribution >= 4 is 35.1 Å². The van der Waals surface area contributed by atoms with Crippen LogP contribution in [-0.4, -0.2) is 28.7 Å². The lowest BCUT2D eigenvalue weighted by atomic mass is 9.94. The molecule has 1 aliphatic heterocycles. The molecule has 4 rings (SSSR count). The lowest BCUT2D eigenvalue weighted by Crippen LogP contribution is -2.42. The minimum absolute atomic E-state index is 0.0406. The number of hydrogen-bond acceptors (Lipinski definition) is 5. The summed E-state index contributed by atoms with van der Waals surface area (Å²) in [6, 6.07) is 11.2. The molecule has 31 heavy (non-hydrogen) atoms. The number of carbonyl (C=O) groups excluding carboxylic acids is 3. The van der Waals surface area contributed by atoms with Gasteiger partial charge in [0.15, 0.2) is 0 Å². The molecular formula is C23H20ClFN2O4. The lowest BCUT2D eigenvalue weighted by molar-refractivity contribution is -0.140. The van der Waals surface area contributed by atoms with Gasteiger partial charge in [-0.2, -0.15) is 0 Å². The maximum atomic E-state index is 13.0. The van der Waals surface area contributed by atoms with Crippen LogP contribution in [0.25, 0.3) is 0 Å². The van der Waals surface area contributed by atoms with Crippen molar-refractivity contribution in [1.29, 1.82) is 0 Å². The van der Waals surface area contributed by atoms with Crippen LogP contribution in [0.3, 0.4) is 0 Å². The van der Waals surface area contributed by atoms with E-state index in [9.17, 15) is 18.8 Å². The SMILES string of the molecule is O=C(Oc1ccc(F)cc1)c1ccc(NC2=C(Cl)C(=O)N(C3CCCCC3)C2=O)cc1. The number of amides is 2. The highest BCUT2D eigenvalue weighted by Crippen LogP contribution is 2.32. The molecule has 160 valence electrons. The number of rotatable bonds is 5. The van der Waals surface area contributed by atoms with Crippen LogP contribution in [0.15, 0.2) is 59.3 Å². The maximum Gasteiger partial charge on any atom is 0.343 e. The Kier molecular flexibility index (Phi) is 6.04. The number of imide groups is 1. The fraction of sp³-hybridized carbons (Fsp3) is 0.261. The Bertz CT molecular complexity index is 1040. The van der Waals surface area contributed by atoms with Gasteiger partial charge in [-0.15, -0.1) is 0 Å². The smallest absolute Gasteiger partial charge is 0.343 e. The van der Waals surface area contributed by atoms with Crippen molar-refractivity contribution in [3.8, 4) is 5.75 Å². The Labute approximate surface area is 183 Å². The number of esters is 1. The van der Waals surface area contributed by atoms with Crippen LogP contribution in [0, 0.1) is 5.82 Å². The molecule has 2 aliphatic rings. The summed E-state index contributed by atoms with van der Waals surface area (Å²) >= 11 is 6.17. The van der Waals surface area contributed by atoms with Gasteiger partial charge in [0.25, 0.3) is 11.8 Å². The van der Waals surface area contributed by atoms with Gasteiger partial charge in [0.1, 0.15) is 22.3 Å². The summed E-state index contributed by atoms with van der Waals surface area (Å²) in [7, 11) is 0. The second kappa shape index (κ2) is 8.89. The molecule has 1 aliphatic carbocycles. The summed E-state index contributed by atoms with van der Waals surface area (Å²) in [4.78, 5) is 38.9. The summed E-state index contributed by atoms with van der Waals surface area (Å²) in [6.07, 6.45) is 4.66. The summed E-state index contributed by atoms with van der Waals surface area (Å²) < 4.78 is 18.2. The van der Waals surface area contributed by atoms with Crippen LogP contribution in [0.1, 0.15) is 42.5 Å². The fourth-order valence-corrected chi connectivity index (χ4v) is 4.02. The molecule has 2 amide bonds. The molecule has 1 saturated carbocycles. The van der Waals surface area contributed by atoms with Crippen molar-refractivity contribution in [2.75, 3.05) is 5.32 Å². The van der Waals surface area contributed by atoms with Crippen LogP contribution >= 0.6 is 11.6 Å². The summed E-state index contributed by atoms with van der Waals surface area (Å²) in [5, 5.41) is 2.77. The first kappa shape index (κ1) is 21.1. The van der Waals surface area contributed by atoms with E-state index in [2.05, 4.69) is 5.32 Å². The molecule has 2 aromatic rings. The average Bonchev–Trinajstić information content (AvgIpc) is 2.99. The standard InChI is InChI=1S/C23H20ClFN2O4/c24-19-20(22(29)27(21(19)28)17-4-2-1-3-5-17)26-16-10-6-14(7-11-16)23(30)31-18-12-8-15(25)9-13-18/h6-13,17,26H,1-5H2. The summed E-state index contributed by atoms with van der Waals surface area (Å²) in [5.74, 6) is -1.71. The van der Waals surface area contributed by atoms with Gasteiger partial charge in [0.2, 0.25) is 0 Å². The van der Waals surface area contributed by atoms with Crippen molar-refractivity contribution in [2.45, 2.75) is 38.1 Å². The zero-order valence-electron chi connectivity index (χ0n) is 16.6. The minimum Gasteiger partial charge on any atom is -0.423 e. The van der Waals surface area contributed by atoms with E-state index < -0.39 is 23.6 Å². The second-order valence-corrected chi connectivity index (χ2v) is 7.88. The zero-order valence-corrected chi connectivity index (χ0v) is 17.3. The zero-order chi connectivity index (χ0) is 22.0. The van der Waals surface area contributed by atoms with Crippen LogP contribution in [0.4, 0.5) is 10.1 Å². The third-order valence-electron chi connectivity index (χ3n) is 5.41. The molecule has 0 unspecified atom stereocenters. The van der Waals surface area contributed by atoms with Gasteiger partial charge in [-0.3, -0.25) is 14.5 Å². The highest BCUT2D eigenvalue weighted by Gasteiger charge is 2.42. The van der Waals surface area contributed by atoms with E-state index in [1.807, 2.05) is 0 Å². The normalized spacial score (nSPS) is 17.3. The van der Waals surface area contributed by atoms with E-state index >= 15 is 0 Å². The molecule has 0 radical (unpaired) electrons. The molecule has 1 fully saturated rings. The predicted octanol–water partition coefficient (Wildman–Crippen LogP) is 4.61. The van der Waals surface area contributed by atoms with Gasteiger partial charge >= 0.3 is 5.97 Å². The first-order valence-electron chi connectivity index (χ1n) is 10.1. The number of ether oxygens (including phenoxy) is 1. The van der Waals surface area contributed by atoms with Crippen LogP contribution in [0.5, 0.6) is 5.75 Å². The largest absolute Gasteiger partial charge is 0.423 e. The Morgan fingerprint density at radius 1 is 0.968 bits per heavy atom. The quantitative estimate of drug-likeness (QED) is 0.416. The van der Waals surface area contributed by atoms with E-state index in [1.54, 1.807) is 12.1 Å². The van der Waals surface area contributed by atoms with Crippen molar-refractivity contribution in [3.63, 3.8) is 0 Å². The maximum absolute atomic E-state index is 13.0. The van der Waals surface area contributed by atoms with Gasteiger partial charge in [0.05, 0.1) is 5.56 Å². The average molecular weight is 443 g/mol. The lowest BCUT2D eigenvalue weighted by Gasteiger charge is -2.29. The van der Waals surface area contributed by atoms with Gasteiger partial charge in [0, 0.05) is 11.7 Å². The minimum atomic E-state index is -0.606. The first-order valence-corrected chi connectivity index (χ1v) is 10.4.